The zero-order chi connectivity index (χ0) is 10.2. The molecular weight excluding hydrogens is 182 g/mol. The van der Waals surface area contributed by atoms with E-state index in [0.29, 0.717) is 17.5 Å². The number of ether oxygens (including phenoxy) is 2. The van der Waals surface area contributed by atoms with Crippen molar-refractivity contribution in [3.63, 3.8) is 0 Å². The summed E-state index contributed by atoms with van der Waals surface area (Å²) in [5.41, 5.74) is 5.63. The van der Waals surface area contributed by atoms with Crippen LogP contribution in [0.1, 0.15) is 18.7 Å². The van der Waals surface area contributed by atoms with Crippen molar-refractivity contribution in [3.05, 3.63) is 12.0 Å². The summed E-state index contributed by atoms with van der Waals surface area (Å²) >= 11 is 0. The van der Waals surface area contributed by atoms with Gasteiger partial charge in [0.25, 0.3) is 5.88 Å². The Morgan fingerprint density at radius 2 is 2.07 bits per heavy atom. The van der Waals surface area contributed by atoms with Crippen LogP contribution in [-0.2, 0) is 5.54 Å². The lowest BCUT2D eigenvalue weighted by atomic mass is 10.3. The number of aromatic nitrogens is 2. The van der Waals surface area contributed by atoms with Crippen LogP contribution < -0.4 is 15.2 Å². The molecule has 5 heteroatoms. The summed E-state index contributed by atoms with van der Waals surface area (Å²) in [5, 5.41) is 0. The minimum absolute atomic E-state index is 0.334. The number of methoxy groups -OCH3 is 2. The molecule has 1 aromatic heterocycles. The molecule has 0 saturated heterocycles. The molecule has 1 saturated carbocycles. The molecule has 0 aliphatic heterocycles. The monoisotopic (exact) mass is 195 g/mol. The third-order valence-electron chi connectivity index (χ3n) is 2.37. The van der Waals surface area contributed by atoms with Crippen molar-refractivity contribution in [2.75, 3.05) is 14.2 Å². The summed E-state index contributed by atoms with van der Waals surface area (Å²) < 4.78 is 10.1. The molecule has 1 aliphatic carbocycles. The molecule has 0 aromatic carbocycles. The fourth-order valence-corrected chi connectivity index (χ4v) is 1.24. The van der Waals surface area contributed by atoms with Gasteiger partial charge in [0.05, 0.1) is 26.0 Å². The molecule has 5 nitrogen and oxygen atoms in total. The summed E-state index contributed by atoms with van der Waals surface area (Å²) in [6, 6.07) is 0. The maximum atomic E-state index is 5.96. The lowest BCUT2D eigenvalue weighted by molar-refractivity contribution is 0.337. The van der Waals surface area contributed by atoms with Gasteiger partial charge in [0.2, 0.25) is 0 Å². The van der Waals surface area contributed by atoms with Crippen molar-refractivity contribution in [2.24, 2.45) is 5.73 Å². The van der Waals surface area contributed by atoms with E-state index in [9.17, 15) is 0 Å². The minimum atomic E-state index is -0.334. The van der Waals surface area contributed by atoms with Crippen molar-refractivity contribution in [3.8, 4) is 11.6 Å². The maximum Gasteiger partial charge on any atom is 0.260 e. The van der Waals surface area contributed by atoms with E-state index in [4.69, 9.17) is 15.2 Å². The van der Waals surface area contributed by atoms with Crippen LogP contribution in [0.5, 0.6) is 11.6 Å². The zero-order valence-corrected chi connectivity index (χ0v) is 8.28. The van der Waals surface area contributed by atoms with E-state index in [0.717, 1.165) is 12.8 Å². The van der Waals surface area contributed by atoms with Gasteiger partial charge in [0.15, 0.2) is 11.6 Å². The molecule has 0 radical (unpaired) electrons. The summed E-state index contributed by atoms with van der Waals surface area (Å²) in [4.78, 5) is 8.36. The van der Waals surface area contributed by atoms with Crippen molar-refractivity contribution < 1.29 is 9.47 Å². The van der Waals surface area contributed by atoms with Crippen molar-refractivity contribution in [1.82, 2.24) is 9.97 Å². The van der Waals surface area contributed by atoms with Gasteiger partial charge < -0.3 is 15.2 Å². The molecule has 76 valence electrons. The minimum Gasteiger partial charge on any atom is -0.490 e. The Kier molecular flexibility index (Phi) is 2.03. The first-order valence-electron chi connectivity index (χ1n) is 4.44. The van der Waals surface area contributed by atoms with Crippen molar-refractivity contribution in [1.29, 1.82) is 0 Å². The fraction of sp³-hybridized carbons (Fsp3) is 0.556. The Morgan fingerprint density at radius 3 is 2.57 bits per heavy atom. The number of nitrogens with zero attached hydrogens (tertiary/aromatic N) is 2. The molecule has 0 bridgehead atoms. The predicted molar refractivity (Wildman–Crippen MR) is 50.2 cm³/mol. The highest BCUT2D eigenvalue weighted by Crippen LogP contribution is 2.41. The summed E-state index contributed by atoms with van der Waals surface area (Å²) in [5.74, 6) is 1.60. The first-order valence-corrected chi connectivity index (χ1v) is 4.44. The Labute approximate surface area is 82.3 Å². The smallest absolute Gasteiger partial charge is 0.260 e. The van der Waals surface area contributed by atoms with Gasteiger partial charge in [-0.15, -0.1) is 0 Å². The van der Waals surface area contributed by atoms with Crippen LogP contribution in [0.15, 0.2) is 6.20 Å². The highest BCUT2D eigenvalue weighted by atomic mass is 16.5. The van der Waals surface area contributed by atoms with Crippen molar-refractivity contribution in [2.45, 2.75) is 18.4 Å². The molecule has 14 heavy (non-hydrogen) atoms. The molecule has 1 heterocycles. The summed E-state index contributed by atoms with van der Waals surface area (Å²) in [7, 11) is 3.10. The number of hydrogen-bond acceptors (Lipinski definition) is 5. The third-order valence-corrected chi connectivity index (χ3v) is 2.37. The van der Waals surface area contributed by atoms with Crippen LogP contribution in [0.4, 0.5) is 0 Å². The molecule has 0 spiro atoms. The van der Waals surface area contributed by atoms with Crippen LogP contribution in [0.3, 0.4) is 0 Å². The SMILES string of the molecule is COc1cnc(C2(N)CC2)nc1OC. The molecule has 2 rings (SSSR count). The highest BCUT2D eigenvalue weighted by Gasteiger charge is 2.43. The Balaban J connectivity index is 2.36. The van der Waals surface area contributed by atoms with Gasteiger partial charge in [-0.3, -0.25) is 0 Å². The standard InChI is InChI=1S/C9H13N3O2/c1-13-6-5-11-8(9(10)3-4-9)12-7(6)14-2/h5H,3-4,10H2,1-2H3. The van der Waals surface area contributed by atoms with Crippen LogP contribution in [-0.4, -0.2) is 24.2 Å². The predicted octanol–water partition coefficient (Wildman–Crippen LogP) is 0.442. The fourth-order valence-electron chi connectivity index (χ4n) is 1.24. The Bertz CT molecular complexity index is 350. The molecule has 1 fully saturated rings. The topological polar surface area (TPSA) is 70.3 Å². The molecule has 2 N–H and O–H groups in total. The quantitative estimate of drug-likeness (QED) is 0.757. The lowest BCUT2D eigenvalue weighted by Gasteiger charge is -2.10. The maximum absolute atomic E-state index is 5.96. The second-order valence-corrected chi connectivity index (χ2v) is 3.43. The molecule has 0 atom stereocenters. The first kappa shape index (κ1) is 9.21. The number of nitrogens with two attached hydrogens (primary N) is 1. The largest absolute Gasteiger partial charge is 0.490 e. The van der Waals surface area contributed by atoms with Crippen LogP contribution in [0.2, 0.25) is 0 Å². The van der Waals surface area contributed by atoms with Gasteiger partial charge in [0, 0.05) is 0 Å². The Hall–Kier alpha value is -1.36. The molecule has 0 amide bonds. The van der Waals surface area contributed by atoms with Crippen molar-refractivity contribution >= 4 is 0 Å². The highest BCUT2D eigenvalue weighted by molar-refractivity contribution is 5.32. The van der Waals surface area contributed by atoms with E-state index in [1.54, 1.807) is 20.4 Å². The van der Waals surface area contributed by atoms with Gasteiger partial charge in [-0.1, -0.05) is 0 Å². The van der Waals surface area contributed by atoms with Crippen LogP contribution in [0, 0.1) is 0 Å². The third kappa shape index (κ3) is 1.39. The van der Waals surface area contributed by atoms with E-state index >= 15 is 0 Å². The first-order chi connectivity index (χ1) is 6.69. The zero-order valence-electron chi connectivity index (χ0n) is 8.28. The molecular formula is C9H13N3O2. The van der Waals surface area contributed by atoms with E-state index in [1.807, 2.05) is 0 Å². The van der Waals surface area contributed by atoms with E-state index < -0.39 is 0 Å². The summed E-state index contributed by atoms with van der Waals surface area (Å²) in [6.07, 6.45) is 3.46. The van der Waals surface area contributed by atoms with Gasteiger partial charge in [0.1, 0.15) is 0 Å². The molecule has 1 aromatic rings. The number of hydrogen-bond donors (Lipinski definition) is 1. The second-order valence-electron chi connectivity index (χ2n) is 3.43. The van der Waals surface area contributed by atoms with Crippen LogP contribution >= 0.6 is 0 Å². The van der Waals surface area contributed by atoms with E-state index in [2.05, 4.69) is 9.97 Å². The van der Waals surface area contributed by atoms with E-state index in [1.165, 1.54) is 0 Å². The average molecular weight is 195 g/mol. The van der Waals surface area contributed by atoms with Gasteiger partial charge >= 0.3 is 0 Å². The average Bonchev–Trinajstić information content (AvgIpc) is 2.97. The van der Waals surface area contributed by atoms with Gasteiger partial charge in [-0.2, -0.15) is 4.98 Å². The normalized spacial score (nSPS) is 17.6. The number of rotatable bonds is 3. The van der Waals surface area contributed by atoms with Gasteiger partial charge in [-0.05, 0) is 12.8 Å². The Morgan fingerprint density at radius 1 is 1.36 bits per heavy atom. The second kappa shape index (κ2) is 3.09. The van der Waals surface area contributed by atoms with E-state index in [-0.39, 0.29) is 5.54 Å². The van der Waals surface area contributed by atoms with Crippen LogP contribution in [0.25, 0.3) is 0 Å². The summed E-state index contributed by atoms with van der Waals surface area (Å²) in [6.45, 7) is 0. The molecule has 1 aliphatic rings. The van der Waals surface area contributed by atoms with Gasteiger partial charge in [-0.25, -0.2) is 4.98 Å². The molecule has 0 unspecified atom stereocenters. The lowest BCUT2D eigenvalue weighted by Crippen LogP contribution is -2.22.